The van der Waals surface area contributed by atoms with E-state index in [4.69, 9.17) is 37.2 Å². The molecule has 0 atom stereocenters. The molecule has 8 heterocycles. The number of hydrogen-bond donors (Lipinski definition) is 0. The number of hydrogen-bond acceptors (Lipinski definition) is 12. The number of benzene rings is 19. The molecular weight excluding hydrogens is 1790 g/mol. The second-order valence-electron chi connectivity index (χ2n) is 42.3. The Labute approximate surface area is 834 Å². The third-order valence-corrected chi connectivity index (χ3v) is 35.9. The Morgan fingerprint density at radius 2 is 0.450 bits per heavy atom. The van der Waals surface area contributed by atoms with Gasteiger partial charge in [0.05, 0.1) is 44.8 Å². The molecule has 4 aliphatic heterocycles. The zero-order valence-electron chi connectivity index (χ0n) is 81.7. The summed E-state index contributed by atoms with van der Waals surface area (Å²) in [4.78, 5) is 0. The molecular formula is C124H106B4O8S4. The second kappa shape index (κ2) is 33.8. The van der Waals surface area contributed by atoms with Crippen molar-refractivity contribution in [1.29, 1.82) is 0 Å². The highest BCUT2D eigenvalue weighted by Gasteiger charge is 2.56. The molecule has 4 aliphatic rings. The van der Waals surface area contributed by atoms with Gasteiger partial charge in [-0.05, 0) is 344 Å². The van der Waals surface area contributed by atoms with Crippen LogP contribution in [0.1, 0.15) is 111 Å². The van der Waals surface area contributed by atoms with Gasteiger partial charge in [-0.25, -0.2) is 0 Å². The summed E-state index contributed by atoms with van der Waals surface area (Å²) < 4.78 is 61.7. The molecule has 16 heteroatoms. The Hall–Kier alpha value is -12.2. The lowest BCUT2D eigenvalue weighted by Crippen LogP contribution is -2.41. The summed E-state index contributed by atoms with van der Waals surface area (Å²) in [7, 11) is -1.52. The van der Waals surface area contributed by atoms with Gasteiger partial charge in [-0.2, -0.15) is 0 Å². The first-order valence-electron chi connectivity index (χ1n) is 48.7. The Balaban J connectivity index is 0.000000101. The van der Waals surface area contributed by atoms with Crippen LogP contribution in [0.5, 0.6) is 0 Å². The molecule has 4 fully saturated rings. The van der Waals surface area contributed by atoms with Gasteiger partial charge in [0.15, 0.2) is 0 Å². The molecule has 0 unspecified atom stereocenters. The molecule has 0 radical (unpaired) electrons. The molecule has 0 aliphatic carbocycles. The van der Waals surface area contributed by atoms with E-state index < -0.39 is 18.3 Å². The van der Waals surface area contributed by atoms with Gasteiger partial charge in [0, 0.05) is 80.7 Å². The number of rotatable bonds is 8. The van der Waals surface area contributed by atoms with E-state index in [9.17, 15) is 0 Å². The third-order valence-electron chi connectivity index (χ3n) is 31.4. The minimum Gasteiger partial charge on any atom is -0.399 e. The van der Waals surface area contributed by atoms with Crippen molar-refractivity contribution in [1.82, 2.24) is 0 Å². The highest BCUT2D eigenvalue weighted by Crippen LogP contribution is 2.49. The normalized spacial score (nSPS) is 17.2. The fourth-order valence-electron chi connectivity index (χ4n) is 20.6. The number of thiophene rings is 4. The molecule has 27 rings (SSSR count). The molecule has 0 spiro atoms. The Bertz CT molecular complexity index is 8700. The fraction of sp³-hybridized carbons (Fsp3) is 0.194. The highest BCUT2D eigenvalue weighted by atomic mass is 32.1. The number of fused-ring (bicyclic) bond motifs is 19. The minimum atomic E-state index is -0.423. The van der Waals surface area contributed by atoms with Gasteiger partial charge in [0.2, 0.25) is 0 Å². The SMILES string of the molecule is CC1(C)OB(c2ccc(-c3ccc4c(c3)sc3cc5ccccc5cc34)cc2)OC1(C)C.CC1(C)OB(c2ccc(-c3ccc4sc5cc6ccccc6cc5c4c3)c3ccccc23)OC1(C)C.CC1(C)OB(c2ccc3ccccc3c2-c2ccc3sc4cc5ccccc5cc4c3c2)OC1(C)C.CC1(C)OB(c2cccc3c(-c4ccc5sc6cc7ccccc7cc6c5c4)cccc23)OC1(C)C. The zero-order valence-corrected chi connectivity index (χ0v) is 85.0. The van der Waals surface area contributed by atoms with Crippen molar-refractivity contribution in [2.24, 2.45) is 0 Å². The molecule has 23 aromatic rings. The van der Waals surface area contributed by atoms with Crippen LogP contribution in [0, 0.1) is 0 Å². The zero-order chi connectivity index (χ0) is 96.1. The molecule has 140 heavy (non-hydrogen) atoms. The monoisotopic (exact) mass is 1890 g/mol. The Morgan fingerprint density at radius 1 is 0.164 bits per heavy atom. The summed E-state index contributed by atoms with van der Waals surface area (Å²) in [5, 5.41) is 28.1. The van der Waals surface area contributed by atoms with Gasteiger partial charge in [0.1, 0.15) is 0 Å². The summed E-state index contributed by atoms with van der Waals surface area (Å²) in [6, 6.07) is 128. The minimum absolute atomic E-state index is 0.326. The van der Waals surface area contributed by atoms with Crippen molar-refractivity contribution in [3.8, 4) is 44.5 Å². The first kappa shape index (κ1) is 90.4. The molecule has 19 aromatic carbocycles. The van der Waals surface area contributed by atoms with Crippen LogP contribution in [-0.4, -0.2) is 73.3 Å². The first-order valence-corrected chi connectivity index (χ1v) is 52.0. The Kier molecular flexibility index (Phi) is 21.8. The topological polar surface area (TPSA) is 73.8 Å². The molecule has 0 bridgehead atoms. The van der Waals surface area contributed by atoms with Gasteiger partial charge < -0.3 is 37.2 Å². The van der Waals surface area contributed by atoms with E-state index in [1.807, 2.05) is 45.3 Å². The standard InChI is InChI=1S/3C32H27BO2S.C28H25BO2S/c1-31(2)32(3,4)35-33(34-31)28-14-8-12-24-23(11-7-13-25(24)28)22-15-16-29-26(18-22)27-17-20-9-5-6-10-21(20)19-30(27)36-29;1-31(2)32(3,4)35-33(34-31)27-15-13-20-9-7-8-12-24(20)30(27)23-14-16-28-25(18-23)26-17-21-10-5-6-11-22(21)19-29(26)36-28;1-31(2)32(3,4)35-33(34-31)28-15-14-23(24-11-7-8-12-25(24)28)22-13-16-29-26(18-22)27-17-20-9-5-6-10-21(20)19-30(27)36-29;1-27(2)28(3,4)31-29(30-27)22-12-9-18(10-13-22)21-11-14-23-24-15-19-7-5-6-8-20(19)16-26(24)32-25(23)17-21/h3*5-19H,1-4H3;5-17H,1-4H3. The summed E-state index contributed by atoms with van der Waals surface area (Å²) in [5.74, 6) is 0. The summed E-state index contributed by atoms with van der Waals surface area (Å²) in [6.07, 6.45) is 0. The molecule has 0 N–H and O–H groups in total. The summed E-state index contributed by atoms with van der Waals surface area (Å²) in [6.45, 7) is 33.6. The van der Waals surface area contributed by atoms with Gasteiger partial charge in [-0.3, -0.25) is 0 Å². The van der Waals surface area contributed by atoms with Crippen LogP contribution in [0.3, 0.4) is 0 Å². The van der Waals surface area contributed by atoms with E-state index in [0.717, 1.165) is 21.9 Å². The molecule has 0 saturated carbocycles. The van der Waals surface area contributed by atoms with E-state index in [1.54, 1.807) is 0 Å². The Morgan fingerprint density at radius 3 is 0.886 bits per heavy atom. The van der Waals surface area contributed by atoms with Crippen molar-refractivity contribution < 1.29 is 37.2 Å². The summed E-state index contributed by atoms with van der Waals surface area (Å²) >= 11 is 7.47. The molecule has 8 nitrogen and oxygen atoms in total. The quantitative estimate of drug-likeness (QED) is 0.139. The largest absolute Gasteiger partial charge is 0.495 e. The second-order valence-corrected chi connectivity index (χ2v) is 46.6. The van der Waals surface area contributed by atoms with E-state index in [-0.39, 0.29) is 55.0 Å². The van der Waals surface area contributed by atoms with Crippen LogP contribution >= 0.6 is 45.3 Å². The highest BCUT2D eigenvalue weighted by molar-refractivity contribution is 7.27. The van der Waals surface area contributed by atoms with Crippen LogP contribution in [0.2, 0.25) is 0 Å². The maximum absolute atomic E-state index is 6.53. The fourth-order valence-corrected chi connectivity index (χ4v) is 25.1. The van der Waals surface area contributed by atoms with E-state index in [2.05, 4.69) is 463 Å². The predicted octanol–water partition coefficient (Wildman–Crippen LogP) is 32.2. The lowest BCUT2D eigenvalue weighted by atomic mass is 9.73. The van der Waals surface area contributed by atoms with Crippen molar-refractivity contribution in [3.05, 3.63) is 352 Å². The maximum Gasteiger partial charge on any atom is 0.495 e. The molecule has 4 saturated heterocycles. The van der Waals surface area contributed by atoms with Gasteiger partial charge in [-0.15, -0.1) is 45.3 Å². The summed E-state index contributed by atoms with van der Waals surface area (Å²) in [5.41, 5.74) is 11.1. The van der Waals surface area contributed by atoms with Crippen molar-refractivity contribution in [3.63, 3.8) is 0 Å². The molecule has 4 aromatic heterocycles. The first-order chi connectivity index (χ1) is 67.2. The van der Waals surface area contributed by atoms with E-state index in [0.29, 0.717) is 0 Å². The smallest absolute Gasteiger partial charge is 0.399 e. The van der Waals surface area contributed by atoms with Crippen molar-refractivity contribution >= 4 is 252 Å². The van der Waals surface area contributed by atoms with Gasteiger partial charge in [-0.1, -0.05) is 261 Å². The predicted molar refractivity (Wildman–Crippen MR) is 604 cm³/mol. The average molecular weight is 1900 g/mol. The van der Waals surface area contributed by atoms with Crippen molar-refractivity contribution in [2.45, 2.75) is 156 Å². The third kappa shape index (κ3) is 15.7. The molecule has 0 amide bonds. The van der Waals surface area contributed by atoms with Crippen molar-refractivity contribution in [2.75, 3.05) is 0 Å². The molecule has 686 valence electrons. The van der Waals surface area contributed by atoms with Crippen LogP contribution in [0.15, 0.2) is 352 Å². The van der Waals surface area contributed by atoms with Crippen LogP contribution < -0.4 is 21.9 Å². The lowest BCUT2D eigenvalue weighted by molar-refractivity contribution is 0.00578. The van der Waals surface area contributed by atoms with Crippen LogP contribution in [0.4, 0.5) is 0 Å². The van der Waals surface area contributed by atoms with E-state index >= 15 is 0 Å². The lowest BCUT2D eigenvalue weighted by Gasteiger charge is -2.32. The van der Waals surface area contributed by atoms with E-state index in [1.165, 1.54) is 201 Å². The maximum atomic E-state index is 6.53. The van der Waals surface area contributed by atoms with Gasteiger partial charge in [0.25, 0.3) is 0 Å². The van der Waals surface area contributed by atoms with Crippen LogP contribution in [-0.2, 0) is 37.2 Å². The van der Waals surface area contributed by atoms with Gasteiger partial charge >= 0.3 is 28.5 Å². The average Bonchev–Trinajstić information content (AvgIpc) is 1.53. The van der Waals surface area contributed by atoms with Crippen LogP contribution in [0.25, 0.3) is 201 Å².